The van der Waals surface area contributed by atoms with E-state index >= 15 is 0 Å². The van der Waals surface area contributed by atoms with Crippen molar-refractivity contribution in [3.8, 4) is 5.69 Å². The van der Waals surface area contributed by atoms with Crippen LogP contribution in [-0.2, 0) is 6.42 Å². The SMILES string of the molecule is CC1=Cc2c(cccc2-n2ncnn2)C1. The van der Waals surface area contributed by atoms with Crippen molar-refractivity contribution in [2.45, 2.75) is 13.3 Å². The van der Waals surface area contributed by atoms with E-state index in [1.54, 1.807) is 4.80 Å². The third-order valence-corrected chi connectivity index (χ3v) is 2.60. The van der Waals surface area contributed by atoms with Crippen molar-refractivity contribution in [1.82, 2.24) is 20.2 Å². The lowest BCUT2D eigenvalue weighted by atomic mass is 10.1. The standard InChI is InChI=1S/C11H10N4/c1-8-5-9-3-2-4-11(10(9)6-8)15-13-7-12-14-15/h2-4,6-7H,5H2,1H3. The molecular weight excluding hydrogens is 188 g/mol. The zero-order valence-corrected chi connectivity index (χ0v) is 8.38. The summed E-state index contributed by atoms with van der Waals surface area (Å²) in [7, 11) is 0. The lowest BCUT2D eigenvalue weighted by molar-refractivity contribution is 0.718. The molecule has 0 saturated heterocycles. The van der Waals surface area contributed by atoms with Crippen molar-refractivity contribution in [3.05, 3.63) is 41.2 Å². The van der Waals surface area contributed by atoms with Crippen molar-refractivity contribution in [1.29, 1.82) is 0 Å². The normalized spacial score (nSPS) is 13.8. The average molecular weight is 198 g/mol. The molecule has 1 aromatic carbocycles. The van der Waals surface area contributed by atoms with Crippen molar-refractivity contribution in [2.24, 2.45) is 0 Å². The molecule has 0 amide bonds. The van der Waals surface area contributed by atoms with Crippen LogP contribution in [-0.4, -0.2) is 20.2 Å². The van der Waals surface area contributed by atoms with Crippen LogP contribution in [0.4, 0.5) is 0 Å². The van der Waals surface area contributed by atoms with Crippen LogP contribution in [0, 0.1) is 0 Å². The predicted molar refractivity (Wildman–Crippen MR) is 56.5 cm³/mol. The van der Waals surface area contributed by atoms with Crippen molar-refractivity contribution in [2.75, 3.05) is 0 Å². The number of hydrogen-bond acceptors (Lipinski definition) is 3. The Morgan fingerprint density at radius 2 is 2.27 bits per heavy atom. The molecule has 1 aliphatic rings. The van der Waals surface area contributed by atoms with Crippen LogP contribution in [0.2, 0.25) is 0 Å². The second-order valence-electron chi connectivity index (χ2n) is 3.74. The Labute approximate surface area is 87.2 Å². The van der Waals surface area contributed by atoms with E-state index in [1.165, 1.54) is 23.0 Å². The van der Waals surface area contributed by atoms with E-state index in [0.717, 1.165) is 12.1 Å². The first-order valence-electron chi connectivity index (χ1n) is 4.87. The van der Waals surface area contributed by atoms with Crippen molar-refractivity contribution >= 4 is 6.08 Å². The summed E-state index contributed by atoms with van der Waals surface area (Å²) in [6.07, 6.45) is 4.66. The maximum absolute atomic E-state index is 4.05. The van der Waals surface area contributed by atoms with Gasteiger partial charge < -0.3 is 0 Å². The molecule has 1 heterocycles. The smallest absolute Gasteiger partial charge is 0.135 e. The van der Waals surface area contributed by atoms with E-state index in [9.17, 15) is 0 Å². The van der Waals surface area contributed by atoms with Crippen molar-refractivity contribution < 1.29 is 0 Å². The number of benzene rings is 1. The van der Waals surface area contributed by atoms with Gasteiger partial charge in [0.1, 0.15) is 0 Å². The lowest BCUT2D eigenvalue weighted by Crippen LogP contribution is -2.01. The van der Waals surface area contributed by atoms with E-state index in [4.69, 9.17) is 0 Å². The number of aromatic nitrogens is 4. The largest absolute Gasteiger partial charge is 0.162 e. The van der Waals surface area contributed by atoms with E-state index in [0.29, 0.717) is 0 Å². The molecule has 0 radical (unpaired) electrons. The maximum atomic E-state index is 4.05. The molecule has 0 bridgehead atoms. The van der Waals surface area contributed by atoms with Gasteiger partial charge in [0.2, 0.25) is 0 Å². The monoisotopic (exact) mass is 198 g/mol. The summed E-state index contributed by atoms with van der Waals surface area (Å²) in [6.45, 7) is 2.14. The quantitative estimate of drug-likeness (QED) is 0.699. The van der Waals surface area contributed by atoms with Gasteiger partial charge >= 0.3 is 0 Å². The fourth-order valence-corrected chi connectivity index (χ4v) is 1.97. The topological polar surface area (TPSA) is 43.6 Å². The van der Waals surface area contributed by atoms with Gasteiger partial charge in [-0.1, -0.05) is 23.8 Å². The van der Waals surface area contributed by atoms with Gasteiger partial charge in [-0.25, -0.2) is 0 Å². The predicted octanol–water partition coefficient (Wildman–Crippen LogP) is 1.62. The van der Waals surface area contributed by atoms with Gasteiger partial charge in [0.05, 0.1) is 5.69 Å². The Hall–Kier alpha value is -1.97. The Bertz CT molecular complexity index is 526. The second-order valence-corrected chi connectivity index (χ2v) is 3.74. The van der Waals surface area contributed by atoms with E-state index < -0.39 is 0 Å². The molecule has 15 heavy (non-hydrogen) atoms. The number of allylic oxidation sites excluding steroid dienone is 1. The van der Waals surface area contributed by atoms with Gasteiger partial charge in [0.25, 0.3) is 0 Å². The first kappa shape index (κ1) is 8.35. The molecule has 0 N–H and O–H groups in total. The Balaban J connectivity index is 2.22. The maximum Gasteiger partial charge on any atom is 0.162 e. The highest BCUT2D eigenvalue weighted by molar-refractivity contribution is 5.70. The number of hydrogen-bond donors (Lipinski definition) is 0. The first-order valence-corrected chi connectivity index (χ1v) is 4.87. The first-order chi connectivity index (χ1) is 7.34. The number of tetrazole rings is 1. The third kappa shape index (κ3) is 1.26. The molecule has 74 valence electrons. The summed E-state index contributed by atoms with van der Waals surface area (Å²) < 4.78 is 0. The highest BCUT2D eigenvalue weighted by Crippen LogP contribution is 2.28. The second kappa shape index (κ2) is 3.02. The fraction of sp³-hybridized carbons (Fsp3) is 0.182. The van der Waals surface area contributed by atoms with Crippen LogP contribution in [0.25, 0.3) is 11.8 Å². The van der Waals surface area contributed by atoms with Crippen LogP contribution in [0.5, 0.6) is 0 Å². The van der Waals surface area contributed by atoms with Crippen LogP contribution in [0.3, 0.4) is 0 Å². The number of fused-ring (bicyclic) bond motifs is 1. The highest BCUT2D eigenvalue weighted by atomic mass is 15.6. The molecule has 3 rings (SSSR count). The molecule has 0 saturated carbocycles. The molecular formula is C11H10N4. The summed E-state index contributed by atoms with van der Waals surface area (Å²) in [5.41, 5.74) is 4.93. The van der Waals surface area contributed by atoms with Gasteiger partial charge in [0, 0.05) is 5.56 Å². The van der Waals surface area contributed by atoms with E-state index in [2.05, 4.69) is 34.5 Å². The minimum absolute atomic E-state index is 1.00. The van der Waals surface area contributed by atoms with Gasteiger partial charge in [-0.2, -0.15) is 0 Å². The van der Waals surface area contributed by atoms with Gasteiger partial charge in [-0.3, -0.25) is 0 Å². The molecule has 0 atom stereocenters. The highest BCUT2D eigenvalue weighted by Gasteiger charge is 2.14. The Morgan fingerprint density at radius 3 is 3.07 bits per heavy atom. The Morgan fingerprint density at radius 1 is 1.33 bits per heavy atom. The van der Waals surface area contributed by atoms with Crippen LogP contribution in [0.1, 0.15) is 18.1 Å². The van der Waals surface area contributed by atoms with E-state index in [1.807, 2.05) is 12.1 Å². The molecule has 1 aromatic heterocycles. The molecule has 0 unspecified atom stereocenters. The molecule has 0 spiro atoms. The minimum Gasteiger partial charge on any atom is -0.135 e. The van der Waals surface area contributed by atoms with Crippen LogP contribution in [0.15, 0.2) is 30.1 Å². The summed E-state index contributed by atoms with van der Waals surface area (Å²) in [5, 5.41) is 11.7. The fourth-order valence-electron chi connectivity index (χ4n) is 1.97. The summed E-state index contributed by atoms with van der Waals surface area (Å²) in [6, 6.07) is 6.18. The molecule has 2 aromatic rings. The summed E-state index contributed by atoms with van der Waals surface area (Å²) >= 11 is 0. The van der Waals surface area contributed by atoms with E-state index in [-0.39, 0.29) is 0 Å². The molecule has 0 fully saturated rings. The average Bonchev–Trinajstić information content (AvgIpc) is 2.82. The zero-order chi connectivity index (χ0) is 10.3. The third-order valence-electron chi connectivity index (χ3n) is 2.60. The molecule has 0 aliphatic heterocycles. The molecule has 1 aliphatic carbocycles. The van der Waals surface area contributed by atoms with Gasteiger partial charge in [-0.05, 0) is 30.2 Å². The number of nitrogens with zero attached hydrogens (tertiary/aromatic N) is 4. The minimum atomic E-state index is 1.00. The zero-order valence-electron chi connectivity index (χ0n) is 8.38. The number of rotatable bonds is 1. The van der Waals surface area contributed by atoms with Gasteiger partial charge in [-0.15, -0.1) is 15.0 Å². The summed E-state index contributed by atoms with van der Waals surface area (Å²) in [4.78, 5) is 1.56. The van der Waals surface area contributed by atoms with Crippen molar-refractivity contribution in [3.63, 3.8) is 0 Å². The molecule has 4 heteroatoms. The lowest BCUT2D eigenvalue weighted by Gasteiger charge is -2.04. The van der Waals surface area contributed by atoms with Crippen LogP contribution < -0.4 is 0 Å². The summed E-state index contributed by atoms with van der Waals surface area (Å²) in [5.74, 6) is 0. The van der Waals surface area contributed by atoms with Gasteiger partial charge in [0.15, 0.2) is 6.33 Å². The van der Waals surface area contributed by atoms with Crippen LogP contribution >= 0.6 is 0 Å². The Kier molecular flexibility index (Phi) is 1.68. The molecule has 4 nitrogen and oxygen atoms in total.